The van der Waals surface area contributed by atoms with Crippen molar-refractivity contribution < 1.29 is 44.4 Å². The number of carbonyl (C=O) groups excluding carboxylic acids is 5. The molecule has 7 N–H and O–H groups in total. The van der Waals surface area contributed by atoms with E-state index in [1.54, 1.807) is 51.4 Å². The van der Waals surface area contributed by atoms with Crippen molar-refractivity contribution in [3.8, 4) is 16.9 Å². The van der Waals surface area contributed by atoms with Gasteiger partial charge in [0.2, 0.25) is 11.6 Å². The highest BCUT2D eigenvalue weighted by atomic mass is 16.3. The lowest BCUT2D eigenvalue weighted by Crippen LogP contribution is -2.63. The number of aliphatic hydroxyl groups is 3. The van der Waals surface area contributed by atoms with E-state index in [2.05, 4.69) is 5.32 Å². The molecule has 224 valence electrons. The van der Waals surface area contributed by atoms with Gasteiger partial charge >= 0.3 is 0 Å². The Bertz CT molecular complexity index is 1670. The molecule has 12 heteroatoms. The number of aliphatic hydroxyl groups excluding tert-OH is 2. The number of aromatic hydroxyl groups is 1. The number of hydrogen-bond acceptors (Lipinski definition) is 10. The summed E-state index contributed by atoms with van der Waals surface area (Å²) in [6.45, 7) is 1.58. The first-order chi connectivity index (χ1) is 20.2. The second-order valence-electron chi connectivity index (χ2n) is 11.3. The SMILES string of the molecule is CCC(=O)C(=O)Nc1ccc(-c2ccc(O)c3c2C[C@H]2C[C@H]4[C@H](N(C)C)C(O)=C(C(N)=O)C(=O)[C@@]4(O)C(O)=C2C3=O)cc1. The summed E-state index contributed by atoms with van der Waals surface area (Å²) in [7, 11) is 3.13. The summed E-state index contributed by atoms with van der Waals surface area (Å²) in [5, 5.41) is 47.3. The number of phenolic OH excluding ortho intramolecular Hbond substituents is 1. The number of anilines is 1. The fourth-order valence-corrected chi connectivity index (χ4v) is 6.62. The molecule has 0 radical (unpaired) electrons. The van der Waals surface area contributed by atoms with Crippen molar-refractivity contribution in [2.75, 3.05) is 19.4 Å². The van der Waals surface area contributed by atoms with E-state index in [1.807, 2.05) is 0 Å². The van der Waals surface area contributed by atoms with Gasteiger partial charge in [0.15, 0.2) is 11.4 Å². The maximum atomic E-state index is 13.9. The molecule has 0 saturated heterocycles. The van der Waals surface area contributed by atoms with Crippen molar-refractivity contribution in [1.82, 2.24) is 4.90 Å². The number of rotatable bonds is 6. The van der Waals surface area contributed by atoms with Crippen LogP contribution in [0.2, 0.25) is 0 Å². The molecule has 43 heavy (non-hydrogen) atoms. The lowest BCUT2D eigenvalue weighted by Gasteiger charge is -2.50. The van der Waals surface area contributed by atoms with E-state index in [4.69, 9.17) is 5.73 Å². The number of amides is 2. The first-order valence-corrected chi connectivity index (χ1v) is 13.7. The molecule has 4 atom stereocenters. The molecule has 0 unspecified atom stereocenters. The quantitative estimate of drug-likeness (QED) is 0.212. The molecule has 3 aliphatic rings. The van der Waals surface area contributed by atoms with Crippen molar-refractivity contribution in [2.45, 2.75) is 37.8 Å². The molecule has 0 saturated carbocycles. The summed E-state index contributed by atoms with van der Waals surface area (Å²) in [6.07, 6.45) is 0.160. The third kappa shape index (κ3) is 4.41. The molecular formula is C31H31N3O9. The second-order valence-corrected chi connectivity index (χ2v) is 11.3. The lowest BCUT2D eigenvalue weighted by molar-refractivity contribution is -0.148. The van der Waals surface area contributed by atoms with Gasteiger partial charge in [-0.25, -0.2) is 0 Å². The first kappa shape index (κ1) is 29.7. The van der Waals surface area contributed by atoms with Crippen LogP contribution in [0.15, 0.2) is 59.1 Å². The Balaban J connectivity index is 1.60. The number of hydrogen-bond donors (Lipinski definition) is 6. The lowest BCUT2D eigenvalue weighted by atomic mass is 9.58. The van der Waals surface area contributed by atoms with Crippen LogP contribution in [-0.2, 0) is 25.6 Å². The number of primary amides is 1. The summed E-state index contributed by atoms with van der Waals surface area (Å²) >= 11 is 0. The Morgan fingerprint density at radius 1 is 1.05 bits per heavy atom. The van der Waals surface area contributed by atoms with E-state index in [1.165, 1.54) is 11.0 Å². The third-order valence-electron chi connectivity index (χ3n) is 8.63. The average Bonchev–Trinajstić information content (AvgIpc) is 2.94. The number of carbonyl (C=O) groups is 5. The number of benzene rings is 2. The van der Waals surface area contributed by atoms with E-state index in [0.717, 1.165) is 0 Å². The molecule has 0 heterocycles. The summed E-state index contributed by atoms with van der Waals surface area (Å²) in [6, 6.07) is 8.42. The number of ketones is 3. The first-order valence-electron chi connectivity index (χ1n) is 13.7. The van der Waals surface area contributed by atoms with Crippen LogP contribution >= 0.6 is 0 Å². The summed E-state index contributed by atoms with van der Waals surface area (Å²) in [5.74, 6) is -8.45. The predicted molar refractivity (Wildman–Crippen MR) is 153 cm³/mol. The van der Waals surface area contributed by atoms with Crippen LogP contribution in [0, 0.1) is 11.8 Å². The third-order valence-corrected chi connectivity index (χ3v) is 8.63. The zero-order chi connectivity index (χ0) is 31.5. The van der Waals surface area contributed by atoms with Gasteiger partial charge in [-0.3, -0.25) is 28.9 Å². The standard InChI is InChI=1S/C31H31N3O9/c1-4-19(35)30(42)33-15-7-5-13(6-8-15)16-9-10-20(36)22-17(16)11-14-12-18-24(34(2)3)26(38)23(29(32)41)28(40)31(18,43)27(39)21(14)25(22)37/h5-10,14,18,24,36,38-39,43H,4,11-12H2,1-3H3,(H2,32,41)(H,33,42)/t14-,18-,24-,31-/m0/s1. The highest BCUT2D eigenvalue weighted by Gasteiger charge is 2.63. The summed E-state index contributed by atoms with van der Waals surface area (Å²) < 4.78 is 0. The van der Waals surface area contributed by atoms with Crippen LogP contribution in [0.4, 0.5) is 5.69 Å². The van der Waals surface area contributed by atoms with Gasteiger partial charge in [-0.1, -0.05) is 25.1 Å². The minimum Gasteiger partial charge on any atom is -0.510 e. The van der Waals surface area contributed by atoms with Gasteiger partial charge in [0, 0.05) is 23.6 Å². The maximum Gasteiger partial charge on any atom is 0.291 e. The molecular weight excluding hydrogens is 558 g/mol. The molecule has 2 amide bonds. The number of likely N-dealkylation sites (N-methyl/N-ethyl adjacent to an activating group) is 1. The molecule has 5 rings (SSSR count). The Morgan fingerprint density at radius 2 is 1.70 bits per heavy atom. The summed E-state index contributed by atoms with van der Waals surface area (Å²) in [4.78, 5) is 64.6. The zero-order valence-corrected chi connectivity index (χ0v) is 23.7. The minimum absolute atomic E-state index is 0.0305. The molecule has 2 aromatic carbocycles. The largest absolute Gasteiger partial charge is 0.510 e. The number of Topliss-reactive ketones (excluding diaryl/α,β-unsaturated/α-hetero) is 3. The van der Waals surface area contributed by atoms with Crippen LogP contribution in [0.1, 0.15) is 35.7 Å². The minimum atomic E-state index is -2.71. The Hall–Kier alpha value is -4.81. The molecule has 12 nitrogen and oxygen atoms in total. The average molecular weight is 590 g/mol. The fourth-order valence-electron chi connectivity index (χ4n) is 6.62. The van der Waals surface area contributed by atoms with Crippen molar-refractivity contribution in [1.29, 1.82) is 0 Å². The Labute approximate surface area is 246 Å². The van der Waals surface area contributed by atoms with Gasteiger partial charge in [-0.05, 0) is 67.7 Å². The van der Waals surface area contributed by atoms with Crippen LogP contribution in [0.5, 0.6) is 5.75 Å². The molecule has 0 fully saturated rings. The van der Waals surface area contributed by atoms with Gasteiger partial charge in [0.25, 0.3) is 11.8 Å². The molecule has 0 aliphatic heterocycles. The number of nitrogens with zero attached hydrogens (tertiary/aromatic N) is 1. The van der Waals surface area contributed by atoms with Gasteiger partial charge in [0.1, 0.15) is 22.8 Å². The normalized spacial score (nSPS) is 24.8. The van der Waals surface area contributed by atoms with E-state index in [0.29, 0.717) is 22.4 Å². The van der Waals surface area contributed by atoms with Crippen LogP contribution in [0.25, 0.3) is 11.1 Å². The fraction of sp³-hybridized carbons (Fsp3) is 0.323. The zero-order valence-electron chi connectivity index (χ0n) is 23.7. The van der Waals surface area contributed by atoms with Crippen molar-refractivity contribution in [2.24, 2.45) is 17.6 Å². The van der Waals surface area contributed by atoms with Gasteiger partial charge < -0.3 is 31.5 Å². The highest BCUT2D eigenvalue weighted by Crippen LogP contribution is 2.53. The smallest absolute Gasteiger partial charge is 0.291 e. The van der Waals surface area contributed by atoms with Crippen LogP contribution in [-0.4, -0.2) is 80.2 Å². The Morgan fingerprint density at radius 3 is 2.28 bits per heavy atom. The Kier molecular flexibility index (Phi) is 7.23. The number of allylic oxidation sites excluding steroid dienone is 1. The van der Waals surface area contributed by atoms with Crippen molar-refractivity contribution >= 4 is 34.9 Å². The van der Waals surface area contributed by atoms with Crippen molar-refractivity contribution in [3.05, 3.63) is 70.2 Å². The summed E-state index contributed by atoms with van der Waals surface area (Å²) in [5.41, 5.74) is 3.52. The number of nitrogens with one attached hydrogen (secondary N) is 1. The van der Waals surface area contributed by atoms with E-state index >= 15 is 0 Å². The van der Waals surface area contributed by atoms with E-state index < -0.39 is 69.7 Å². The van der Waals surface area contributed by atoms with Gasteiger partial charge in [-0.2, -0.15) is 0 Å². The monoisotopic (exact) mass is 589 g/mol. The molecule has 3 aliphatic carbocycles. The molecule has 0 spiro atoms. The molecule has 0 aromatic heterocycles. The van der Waals surface area contributed by atoms with E-state index in [9.17, 15) is 44.4 Å². The number of nitrogens with two attached hydrogens (primary N) is 1. The van der Waals surface area contributed by atoms with Gasteiger partial charge in [0.05, 0.1) is 11.6 Å². The predicted octanol–water partition coefficient (Wildman–Crippen LogP) is 1.71. The van der Waals surface area contributed by atoms with Crippen LogP contribution in [0.3, 0.4) is 0 Å². The van der Waals surface area contributed by atoms with Gasteiger partial charge in [-0.15, -0.1) is 0 Å². The second kappa shape index (κ2) is 10.5. The number of fused-ring (bicyclic) bond motifs is 3. The molecule has 0 bridgehead atoms. The molecule has 2 aromatic rings. The number of phenols is 1. The maximum absolute atomic E-state index is 13.9. The van der Waals surface area contributed by atoms with Crippen LogP contribution < -0.4 is 11.1 Å². The van der Waals surface area contributed by atoms with Crippen molar-refractivity contribution in [3.63, 3.8) is 0 Å². The topological polar surface area (TPSA) is 208 Å². The van der Waals surface area contributed by atoms with E-state index in [-0.39, 0.29) is 36.1 Å². The highest BCUT2D eigenvalue weighted by molar-refractivity contribution is 6.40.